The van der Waals surface area contributed by atoms with E-state index in [4.69, 9.17) is 5.11 Å². The molecule has 0 aliphatic rings. The first-order valence-electron chi connectivity index (χ1n) is 8.55. The Morgan fingerprint density at radius 3 is 1.92 bits per heavy atom. The highest BCUT2D eigenvalue weighted by Gasteiger charge is 2.19. The number of aliphatic carboxylic acids is 2. The minimum atomic E-state index is -0.829. The van der Waals surface area contributed by atoms with E-state index in [1.54, 1.807) is 19.1 Å². The molecule has 0 radical (unpaired) electrons. The molecule has 3 N–H and O–H groups in total. The van der Waals surface area contributed by atoms with E-state index in [0.29, 0.717) is 31.6 Å². The standard InChI is InChI=1S/C19H28O5/c1-13(15-9-11-17(20)12-10-15)5-3-7-16(19(23)24)8-4-6-14(2)18(21)22/h9-14,16,20H,3-8H2,1-2H3,(H,21,22)(H,23,24). The maximum absolute atomic E-state index is 11.3. The van der Waals surface area contributed by atoms with Gasteiger partial charge in [-0.05, 0) is 49.3 Å². The van der Waals surface area contributed by atoms with E-state index in [9.17, 15) is 19.8 Å². The van der Waals surface area contributed by atoms with Gasteiger partial charge in [0.15, 0.2) is 0 Å². The van der Waals surface area contributed by atoms with E-state index < -0.39 is 23.8 Å². The average Bonchev–Trinajstić information content (AvgIpc) is 2.53. The lowest BCUT2D eigenvalue weighted by atomic mass is 9.90. The van der Waals surface area contributed by atoms with E-state index in [2.05, 4.69) is 6.92 Å². The van der Waals surface area contributed by atoms with Crippen LogP contribution in [0.2, 0.25) is 0 Å². The minimum Gasteiger partial charge on any atom is -0.508 e. The fourth-order valence-electron chi connectivity index (χ4n) is 2.83. The van der Waals surface area contributed by atoms with E-state index in [0.717, 1.165) is 18.4 Å². The lowest BCUT2D eigenvalue weighted by Crippen LogP contribution is -2.15. The molecule has 0 saturated carbocycles. The van der Waals surface area contributed by atoms with E-state index in [1.165, 1.54) is 0 Å². The molecule has 1 aromatic rings. The van der Waals surface area contributed by atoms with Crippen LogP contribution in [0.15, 0.2) is 24.3 Å². The summed E-state index contributed by atoms with van der Waals surface area (Å²) in [5.74, 6) is -1.90. The van der Waals surface area contributed by atoms with E-state index in [-0.39, 0.29) is 5.75 Å². The molecule has 5 heteroatoms. The molecule has 3 atom stereocenters. The Kier molecular flexibility index (Phi) is 8.30. The van der Waals surface area contributed by atoms with Crippen molar-refractivity contribution in [3.05, 3.63) is 29.8 Å². The van der Waals surface area contributed by atoms with Crippen LogP contribution in [0.25, 0.3) is 0 Å². The zero-order valence-corrected chi connectivity index (χ0v) is 14.4. The van der Waals surface area contributed by atoms with Gasteiger partial charge in [0, 0.05) is 0 Å². The van der Waals surface area contributed by atoms with Crippen molar-refractivity contribution < 1.29 is 24.9 Å². The third-order valence-corrected chi connectivity index (χ3v) is 4.61. The maximum Gasteiger partial charge on any atom is 0.306 e. The molecule has 0 fully saturated rings. The number of carboxylic acids is 2. The maximum atomic E-state index is 11.3. The normalized spacial score (nSPS) is 14.8. The summed E-state index contributed by atoms with van der Waals surface area (Å²) in [4.78, 5) is 22.1. The number of hydrogen-bond acceptors (Lipinski definition) is 3. The van der Waals surface area contributed by atoms with Gasteiger partial charge in [0.25, 0.3) is 0 Å². The number of carbonyl (C=O) groups is 2. The van der Waals surface area contributed by atoms with Crippen LogP contribution in [0.3, 0.4) is 0 Å². The van der Waals surface area contributed by atoms with Crippen LogP contribution in [0.4, 0.5) is 0 Å². The molecule has 0 aliphatic carbocycles. The molecule has 0 amide bonds. The van der Waals surface area contributed by atoms with Gasteiger partial charge in [-0.25, -0.2) is 0 Å². The Bertz CT molecular complexity index is 523. The van der Waals surface area contributed by atoms with Gasteiger partial charge in [0.05, 0.1) is 11.8 Å². The van der Waals surface area contributed by atoms with Gasteiger partial charge in [0.2, 0.25) is 0 Å². The van der Waals surface area contributed by atoms with Crippen LogP contribution in [0.5, 0.6) is 5.75 Å². The summed E-state index contributed by atoms with van der Waals surface area (Å²) < 4.78 is 0. The third kappa shape index (κ3) is 7.02. The molecule has 0 aliphatic heterocycles. The summed E-state index contributed by atoms with van der Waals surface area (Å²) >= 11 is 0. The monoisotopic (exact) mass is 336 g/mol. The Hall–Kier alpha value is -2.04. The highest BCUT2D eigenvalue weighted by atomic mass is 16.4. The van der Waals surface area contributed by atoms with Gasteiger partial charge in [-0.15, -0.1) is 0 Å². The van der Waals surface area contributed by atoms with Crippen LogP contribution in [-0.2, 0) is 9.59 Å². The van der Waals surface area contributed by atoms with Crippen LogP contribution < -0.4 is 0 Å². The second kappa shape index (κ2) is 9.96. The van der Waals surface area contributed by atoms with Gasteiger partial charge in [0.1, 0.15) is 5.75 Å². The topological polar surface area (TPSA) is 94.8 Å². The molecule has 5 nitrogen and oxygen atoms in total. The first kappa shape index (κ1) is 20.0. The number of phenolic OH excluding ortho intramolecular Hbond substituents is 1. The Balaban J connectivity index is 2.36. The van der Waals surface area contributed by atoms with Crippen LogP contribution in [-0.4, -0.2) is 27.3 Å². The average molecular weight is 336 g/mol. The van der Waals surface area contributed by atoms with Gasteiger partial charge in [-0.2, -0.15) is 0 Å². The van der Waals surface area contributed by atoms with Gasteiger partial charge < -0.3 is 15.3 Å². The Morgan fingerprint density at radius 2 is 1.42 bits per heavy atom. The van der Waals surface area contributed by atoms with Gasteiger partial charge >= 0.3 is 11.9 Å². The van der Waals surface area contributed by atoms with Crippen molar-refractivity contribution in [1.29, 1.82) is 0 Å². The molecular weight excluding hydrogens is 308 g/mol. The zero-order valence-electron chi connectivity index (χ0n) is 14.4. The van der Waals surface area contributed by atoms with Crippen LogP contribution >= 0.6 is 0 Å². The van der Waals surface area contributed by atoms with E-state index in [1.807, 2.05) is 12.1 Å². The predicted octanol–water partition coefficient (Wildman–Crippen LogP) is 4.26. The summed E-state index contributed by atoms with van der Waals surface area (Å²) in [6.45, 7) is 3.74. The number of rotatable bonds is 11. The Morgan fingerprint density at radius 1 is 0.875 bits per heavy atom. The van der Waals surface area contributed by atoms with Crippen molar-refractivity contribution in [2.45, 2.75) is 58.3 Å². The number of aromatic hydroxyl groups is 1. The molecule has 1 rings (SSSR count). The second-order valence-corrected chi connectivity index (χ2v) is 6.63. The first-order valence-corrected chi connectivity index (χ1v) is 8.55. The number of benzene rings is 1. The smallest absolute Gasteiger partial charge is 0.306 e. The largest absolute Gasteiger partial charge is 0.508 e. The predicted molar refractivity (Wildman–Crippen MR) is 92.1 cm³/mol. The van der Waals surface area contributed by atoms with Crippen molar-refractivity contribution in [1.82, 2.24) is 0 Å². The summed E-state index contributed by atoms with van der Waals surface area (Å²) in [7, 11) is 0. The van der Waals surface area contributed by atoms with Crippen LogP contribution in [0, 0.1) is 11.8 Å². The molecular formula is C19H28O5. The molecule has 3 unspecified atom stereocenters. The minimum absolute atomic E-state index is 0.243. The molecule has 0 heterocycles. The van der Waals surface area contributed by atoms with Crippen molar-refractivity contribution in [3.63, 3.8) is 0 Å². The number of hydrogen-bond donors (Lipinski definition) is 3. The van der Waals surface area contributed by atoms with Crippen molar-refractivity contribution in [2.75, 3.05) is 0 Å². The number of phenols is 1. The zero-order chi connectivity index (χ0) is 18.1. The fraction of sp³-hybridized carbons (Fsp3) is 0.579. The van der Waals surface area contributed by atoms with Crippen LogP contribution in [0.1, 0.15) is 63.9 Å². The lowest BCUT2D eigenvalue weighted by Gasteiger charge is -2.16. The highest BCUT2D eigenvalue weighted by Crippen LogP contribution is 2.26. The molecule has 0 saturated heterocycles. The number of carboxylic acid groups (broad SMARTS) is 2. The quantitative estimate of drug-likeness (QED) is 0.561. The first-order chi connectivity index (χ1) is 11.3. The summed E-state index contributed by atoms with van der Waals surface area (Å²) in [5.41, 5.74) is 1.13. The van der Waals surface area contributed by atoms with Crippen molar-refractivity contribution in [3.8, 4) is 5.75 Å². The second-order valence-electron chi connectivity index (χ2n) is 6.63. The summed E-state index contributed by atoms with van der Waals surface area (Å²) in [6, 6.07) is 7.11. The molecule has 24 heavy (non-hydrogen) atoms. The third-order valence-electron chi connectivity index (χ3n) is 4.61. The molecule has 0 spiro atoms. The Labute approximate surface area is 143 Å². The van der Waals surface area contributed by atoms with Crippen molar-refractivity contribution >= 4 is 11.9 Å². The van der Waals surface area contributed by atoms with E-state index >= 15 is 0 Å². The SMILES string of the molecule is CC(CCCC(CCCC(C)c1ccc(O)cc1)C(=O)O)C(=O)O. The summed E-state index contributed by atoms with van der Waals surface area (Å²) in [5, 5.41) is 27.5. The van der Waals surface area contributed by atoms with Crippen molar-refractivity contribution in [2.24, 2.45) is 11.8 Å². The molecule has 0 bridgehead atoms. The molecule has 1 aromatic carbocycles. The summed E-state index contributed by atoms with van der Waals surface area (Å²) in [6.07, 6.45) is 3.98. The lowest BCUT2D eigenvalue weighted by molar-refractivity contribution is -0.142. The van der Waals surface area contributed by atoms with Gasteiger partial charge in [-0.3, -0.25) is 9.59 Å². The molecule has 134 valence electrons. The van der Waals surface area contributed by atoms with Gasteiger partial charge in [-0.1, -0.05) is 38.8 Å². The fourth-order valence-corrected chi connectivity index (χ4v) is 2.83. The molecule has 0 aromatic heterocycles. The highest BCUT2D eigenvalue weighted by molar-refractivity contribution is 5.70.